The molecule has 0 saturated carbocycles. The zero-order chi connectivity index (χ0) is 13.2. The number of nitrogens with one attached hydrogen (secondary N) is 1. The largest absolute Gasteiger partial charge is 0.336 e. The summed E-state index contributed by atoms with van der Waals surface area (Å²) >= 11 is 7.39. The van der Waals surface area contributed by atoms with Gasteiger partial charge in [0.25, 0.3) is 0 Å². The summed E-state index contributed by atoms with van der Waals surface area (Å²) in [5.74, 6) is 0. The zero-order valence-electron chi connectivity index (χ0n) is 9.76. The third kappa shape index (κ3) is 2.37. The van der Waals surface area contributed by atoms with Crippen LogP contribution in [0.3, 0.4) is 0 Å². The second-order valence-corrected chi connectivity index (χ2v) is 5.46. The van der Waals surface area contributed by atoms with Gasteiger partial charge in [-0.1, -0.05) is 23.4 Å². The number of hydrogen-bond donors (Lipinski definition) is 1. The topological polar surface area (TPSA) is 45.8 Å². The van der Waals surface area contributed by atoms with E-state index in [0.717, 1.165) is 27.1 Å². The molecule has 0 aliphatic rings. The number of pyridine rings is 1. The second kappa shape index (κ2) is 5.07. The maximum absolute atomic E-state index is 11.1. The standard InChI is InChI=1S/C14H9ClN2OS/c15-9-3-5-10(6-4-9)19-13-11-2-1-7-16-14(11)17-12(13)8-18/h1-8H,(H,16,17). The molecule has 0 aliphatic carbocycles. The summed E-state index contributed by atoms with van der Waals surface area (Å²) in [5.41, 5.74) is 1.27. The molecule has 2 aromatic heterocycles. The van der Waals surface area contributed by atoms with E-state index in [9.17, 15) is 4.79 Å². The van der Waals surface area contributed by atoms with Crippen molar-refractivity contribution in [3.63, 3.8) is 0 Å². The predicted molar refractivity (Wildman–Crippen MR) is 77.1 cm³/mol. The molecule has 0 unspecified atom stereocenters. The van der Waals surface area contributed by atoms with Crippen LogP contribution in [0.4, 0.5) is 0 Å². The maximum Gasteiger partial charge on any atom is 0.167 e. The van der Waals surface area contributed by atoms with E-state index in [2.05, 4.69) is 9.97 Å². The Morgan fingerprint density at radius 3 is 2.74 bits per heavy atom. The Labute approximate surface area is 119 Å². The minimum absolute atomic E-state index is 0.550. The average molecular weight is 289 g/mol. The number of hydrogen-bond acceptors (Lipinski definition) is 3. The Balaban J connectivity index is 2.08. The van der Waals surface area contributed by atoms with Gasteiger partial charge in [-0.05, 0) is 36.4 Å². The molecule has 0 amide bonds. The van der Waals surface area contributed by atoms with Crippen LogP contribution in [0.25, 0.3) is 11.0 Å². The molecule has 1 aromatic carbocycles. The molecular weight excluding hydrogens is 280 g/mol. The van der Waals surface area contributed by atoms with E-state index in [1.165, 1.54) is 11.8 Å². The first-order chi connectivity index (χ1) is 9.28. The van der Waals surface area contributed by atoms with Crippen LogP contribution in [0.15, 0.2) is 52.4 Å². The van der Waals surface area contributed by atoms with Crippen molar-refractivity contribution < 1.29 is 4.79 Å². The van der Waals surface area contributed by atoms with Crippen molar-refractivity contribution >= 4 is 40.7 Å². The van der Waals surface area contributed by atoms with Crippen LogP contribution >= 0.6 is 23.4 Å². The van der Waals surface area contributed by atoms with Crippen LogP contribution in [0.2, 0.25) is 5.02 Å². The first-order valence-electron chi connectivity index (χ1n) is 5.63. The van der Waals surface area contributed by atoms with Crippen molar-refractivity contribution in [3.8, 4) is 0 Å². The van der Waals surface area contributed by atoms with Gasteiger partial charge in [-0.25, -0.2) is 4.98 Å². The fraction of sp³-hybridized carbons (Fsp3) is 0. The number of aldehydes is 1. The highest BCUT2D eigenvalue weighted by Crippen LogP contribution is 2.35. The zero-order valence-corrected chi connectivity index (χ0v) is 11.3. The number of nitrogens with zero attached hydrogens (tertiary/aromatic N) is 1. The molecule has 5 heteroatoms. The van der Waals surface area contributed by atoms with Crippen LogP contribution in [-0.4, -0.2) is 16.3 Å². The molecule has 3 nitrogen and oxygen atoms in total. The summed E-state index contributed by atoms with van der Waals surface area (Å²) in [4.78, 5) is 20.3. The molecule has 94 valence electrons. The number of aromatic amines is 1. The monoisotopic (exact) mass is 288 g/mol. The smallest absolute Gasteiger partial charge is 0.167 e. The predicted octanol–water partition coefficient (Wildman–Crippen LogP) is 4.18. The molecule has 3 aromatic rings. The van der Waals surface area contributed by atoms with Crippen LogP contribution in [-0.2, 0) is 0 Å². The van der Waals surface area contributed by atoms with Crippen molar-refractivity contribution in [2.75, 3.05) is 0 Å². The lowest BCUT2D eigenvalue weighted by Crippen LogP contribution is -1.81. The lowest BCUT2D eigenvalue weighted by atomic mass is 10.3. The highest BCUT2D eigenvalue weighted by atomic mass is 35.5. The van der Waals surface area contributed by atoms with Gasteiger partial charge in [-0.15, -0.1) is 0 Å². The summed E-state index contributed by atoms with van der Waals surface area (Å²) < 4.78 is 0. The maximum atomic E-state index is 11.1. The number of fused-ring (bicyclic) bond motifs is 1. The summed E-state index contributed by atoms with van der Waals surface area (Å²) in [6, 6.07) is 11.3. The molecule has 3 rings (SSSR count). The van der Waals surface area contributed by atoms with Crippen molar-refractivity contribution in [2.24, 2.45) is 0 Å². The molecule has 0 atom stereocenters. The summed E-state index contributed by atoms with van der Waals surface area (Å²) in [6.45, 7) is 0. The normalized spacial score (nSPS) is 10.8. The molecule has 0 fully saturated rings. The molecule has 0 radical (unpaired) electrons. The van der Waals surface area contributed by atoms with Gasteiger partial charge in [0.05, 0.1) is 10.6 Å². The lowest BCUT2D eigenvalue weighted by Gasteiger charge is -2.01. The van der Waals surface area contributed by atoms with E-state index in [0.29, 0.717) is 10.7 Å². The molecule has 0 spiro atoms. The number of halogens is 1. The van der Waals surface area contributed by atoms with Crippen molar-refractivity contribution in [2.45, 2.75) is 9.79 Å². The van der Waals surface area contributed by atoms with Crippen molar-refractivity contribution in [3.05, 3.63) is 53.3 Å². The van der Waals surface area contributed by atoms with E-state index in [4.69, 9.17) is 11.6 Å². The van der Waals surface area contributed by atoms with Gasteiger partial charge >= 0.3 is 0 Å². The molecular formula is C14H9ClN2OS. The van der Waals surface area contributed by atoms with E-state index >= 15 is 0 Å². The molecule has 0 saturated heterocycles. The third-order valence-corrected chi connectivity index (χ3v) is 4.11. The average Bonchev–Trinajstić information content (AvgIpc) is 2.79. The van der Waals surface area contributed by atoms with Gasteiger partial charge in [-0.3, -0.25) is 4.79 Å². The van der Waals surface area contributed by atoms with E-state index in [1.807, 2.05) is 36.4 Å². The number of H-pyrrole nitrogens is 1. The van der Waals surface area contributed by atoms with Crippen LogP contribution < -0.4 is 0 Å². The minimum Gasteiger partial charge on any atom is -0.336 e. The second-order valence-electron chi connectivity index (χ2n) is 3.94. The number of rotatable bonds is 3. The fourth-order valence-electron chi connectivity index (χ4n) is 1.83. The summed E-state index contributed by atoms with van der Waals surface area (Å²) in [5, 5.41) is 1.64. The van der Waals surface area contributed by atoms with Gasteiger partial charge in [-0.2, -0.15) is 0 Å². The molecule has 0 bridgehead atoms. The summed E-state index contributed by atoms with van der Waals surface area (Å²) in [6.07, 6.45) is 2.52. The number of carbonyl (C=O) groups is 1. The van der Waals surface area contributed by atoms with Crippen LogP contribution in [0.5, 0.6) is 0 Å². The van der Waals surface area contributed by atoms with Crippen molar-refractivity contribution in [1.29, 1.82) is 0 Å². The Bertz CT molecular complexity index is 737. The highest BCUT2D eigenvalue weighted by Gasteiger charge is 2.12. The first kappa shape index (κ1) is 12.3. The summed E-state index contributed by atoms with van der Waals surface area (Å²) in [7, 11) is 0. The Kier molecular flexibility index (Phi) is 3.27. The highest BCUT2D eigenvalue weighted by molar-refractivity contribution is 7.99. The van der Waals surface area contributed by atoms with Gasteiger partial charge in [0.2, 0.25) is 0 Å². The van der Waals surface area contributed by atoms with Gasteiger partial charge in [0, 0.05) is 21.5 Å². The van der Waals surface area contributed by atoms with Crippen LogP contribution in [0, 0.1) is 0 Å². The fourth-order valence-corrected chi connectivity index (χ4v) is 2.95. The molecule has 0 aliphatic heterocycles. The molecule has 19 heavy (non-hydrogen) atoms. The van der Waals surface area contributed by atoms with Gasteiger partial charge in [0.15, 0.2) is 6.29 Å². The Hall–Kier alpha value is -1.78. The number of carbonyl (C=O) groups excluding carboxylic acids is 1. The first-order valence-corrected chi connectivity index (χ1v) is 6.82. The van der Waals surface area contributed by atoms with Crippen molar-refractivity contribution in [1.82, 2.24) is 9.97 Å². The third-order valence-electron chi connectivity index (χ3n) is 2.70. The Morgan fingerprint density at radius 2 is 2.00 bits per heavy atom. The van der Waals surface area contributed by atoms with E-state index in [1.54, 1.807) is 6.20 Å². The number of benzene rings is 1. The van der Waals surface area contributed by atoms with Gasteiger partial charge < -0.3 is 4.98 Å². The quantitative estimate of drug-likeness (QED) is 0.735. The van der Waals surface area contributed by atoms with Crippen LogP contribution in [0.1, 0.15) is 10.5 Å². The lowest BCUT2D eigenvalue weighted by molar-refractivity contribution is 0.111. The molecule has 2 heterocycles. The van der Waals surface area contributed by atoms with Gasteiger partial charge in [0.1, 0.15) is 5.65 Å². The van der Waals surface area contributed by atoms with E-state index in [-0.39, 0.29) is 0 Å². The molecule has 1 N–H and O–H groups in total. The number of aromatic nitrogens is 2. The van der Waals surface area contributed by atoms with E-state index < -0.39 is 0 Å². The SMILES string of the molecule is O=Cc1[nH]c2ncccc2c1Sc1ccc(Cl)cc1. The minimum atomic E-state index is 0.550. The Morgan fingerprint density at radius 1 is 1.21 bits per heavy atom.